The first kappa shape index (κ1) is 14.0. The minimum atomic E-state index is -0.153. The number of hydrogen-bond acceptors (Lipinski definition) is 5. The first-order valence-electron chi connectivity index (χ1n) is 7.60. The molecule has 2 aromatic heterocycles. The van der Waals surface area contributed by atoms with Gasteiger partial charge in [0.1, 0.15) is 11.8 Å². The van der Waals surface area contributed by atoms with Crippen molar-refractivity contribution in [3.8, 4) is 0 Å². The fourth-order valence-electron chi connectivity index (χ4n) is 2.87. The molecule has 0 bridgehead atoms. The molecular formula is C15H17N5O3. The maximum Gasteiger partial charge on any atom is 0.272 e. The molecule has 0 radical (unpaired) electrons. The lowest BCUT2D eigenvalue weighted by atomic mass is 10.2. The largest absolute Gasteiger partial charge is 0.364 e. The second kappa shape index (κ2) is 4.94. The Bertz CT molecular complexity index is 802. The van der Waals surface area contributed by atoms with E-state index in [1.54, 1.807) is 23.6 Å². The number of hydrogen-bond donors (Lipinski definition) is 1. The molecule has 0 spiro atoms. The summed E-state index contributed by atoms with van der Waals surface area (Å²) in [4.78, 5) is 26.6. The molecule has 120 valence electrons. The van der Waals surface area contributed by atoms with E-state index in [4.69, 9.17) is 4.52 Å². The number of amides is 2. The van der Waals surface area contributed by atoms with Crippen LogP contribution < -0.4 is 5.32 Å². The van der Waals surface area contributed by atoms with E-state index in [0.717, 1.165) is 24.1 Å². The maximum atomic E-state index is 12.6. The molecule has 8 heteroatoms. The van der Waals surface area contributed by atoms with Gasteiger partial charge in [0.15, 0.2) is 5.69 Å². The summed E-state index contributed by atoms with van der Waals surface area (Å²) in [7, 11) is 1.80. The van der Waals surface area contributed by atoms with Crippen LogP contribution in [0.3, 0.4) is 0 Å². The minimum Gasteiger partial charge on any atom is -0.364 e. The summed E-state index contributed by atoms with van der Waals surface area (Å²) in [6.07, 6.45) is 3.41. The molecule has 8 nitrogen and oxygen atoms in total. The molecule has 1 fully saturated rings. The van der Waals surface area contributed by atoms with Gasteiger partial charge in [-0.1, -0.05) is 5.16 Å². The van der Waals surface area contributed by atoms with Gasteiger partial charge in [-0.2, -0.15) is 5.10 Å². The number of rotatable bonds is 3. The molecule has 2 amide bonds. The lowest BCUT2D eigenvalue weighted by Crippen LogP contribution is -2.29. The number of carbonyl (C=O) groups excluding carboxylic acids is 2. The van der Waals surface area contributed by atoms with Gasteiger partial charge < -0.3 is 14.7 Å². The highest BCUT2D eigenvalue weighted by Gasteiger charge is 2.34. The Labute approximate surface area is 132 Å². The molecule has 23 heavy (non-hydrogen) atoms. The summed E-state index contributed by atoms with van der Waals surface area (Å²) in [5.74, 6) is -0.298. The Hall–Kier alpha value is -2.64. The van der Waals surface area contributed by atoms with Gasteiger partial charge in [0.05, 0.1) is 24.5 Å². The second-order valence-corrected chi connectivity index (χ2v) is 6.12. The summed E-state index contributed by atoms with van der Waals surface area (Å²) in [5.41, 5.74) is 3.17. The highest BCUT2D eigenvalue weighted by atomic mass is 16.5. The first-order valence-corrected chi connectivity index (χ1v) is 7.60. The van der Waals surface area contributed by atoms with E-state index in [9.17, 15) is 9.59 Å². The molecule has 1 aliphatic carbocycles. The molecule has 2 aromatic rings. The van der Waals surface area contributed by atoms with E-state index in [-0.39, 0.29) is 17.9 Å². The summed E-state index contributed by atoms with van der Waals surface area (Å²) in [6.45, 7) is 2.54. The number of carbonyl (C=O) groups is 2. The van der Waals surface area contributed by atoms with Crippen LogP contribution in [0, 0.1) is 6.92 Å². The SMILES string of the molecule is Cc1nocc1C(=O)N1Cc2c(C(=O)NC3CC3)nn(C)c2C1. The summed E-state index contributed by atoms with van der Waals surface area (Å²) in [5, 5.41) is 11.0. The molecule has 2 aliphatic rings. The van der Waals surface area contributed by atoms with Crippen LogP contribution in [0.25, 0.3) is 0 Å². The molecular weight excluding hydrogens is 298 g/mol. The quantitative estimate of drug-likeness (QED) is 0.903. The summed E-state index contributed by atoms with van der Waals surface area (Å²) in [6, 6.07) is 0.277. The van der Waals surface area contributed by atoms with Gasteiger partial charge >= 0.3 is 0 Å². The van der Waals surface area contributed by atoms with Gasteiger partial charge in [0.2, 0.25) is 0 Å². The van der Waals surface area contributed by atoms with Crippen molar-refractivity contribution in [3.05, 3.63) is 34.5 Å². The Kier molecular flexibility index (Phi) is 3.00. The van der Waals surface area contributed by atoms with Crippen LogP contribution in [0.1, 0.15) is 50.6 Å². The number of aryl methyl sites for hydroxylation is 2. The third kappa shape index (κ3) is 2.30. The fourth-order valence-corrected chi connectivity index (χ4v) is 2.87. The van der Waals surface area contributed by atoms with E-state index in [1.807, 2.05) is 0 Å². The minimum absolute atomic E-state index is 0.145. The molecule has 1 aliphatic heterocycles. The highest BCUT2D eigenvalue weighted by molar-refractivity contribution is 5.97. The highest BCUT2D eigenvalue weighted by Crippen LogP contribution is 2.28. The van der Waals surface area contributed by atoms with E-state index >= 15 is 0 Å². The lowest BCUT2D eigenvalue weighted by molar-refractivity contribution is 0.0744. The van der Waals surface area contributed by atoms with Crippen molar-refractivity contribution in [2.24, 2.45) is 7.05 Å². The average molecular weight is 315 g/mol. The number of nitrogens with zero attached hydrogens (tertiary/aromatic N) is 4. The van der Waals surface area contributed by atoms with Gasteiger partial charge in [-0.25, -0.2) is 0 Å². The van der Waals surface area contributed by atoms with E-state index in [0.29, 0.717) is 30.0 Å². The second-order valence-electron chi connectivity index (χ2n) is 6.12. The molecule has 0 unspecified atom stereocenters. The van der Waals surface area contributed by atoms with Gasteiger partial charge in [-0.3, -0.25) is 14.3 Å². The van der Waals surface area contributed by atoms with Crippen LogP contribution in [0.2, 0.25) is 0 Å². The number of aromatic nitrogens is 3. The Morgan fingerprint density at radius 1 is 1.35 bits per heavy atom. The van der Waals surface area contributed by atoms with E-state index in [1.165, 1.54) is 6.26 Å². The lowest BCUT2D eigenvalue weighted by Gasteiger charge is -2.15. The van der Waals surface area contributed by atoms with Crippen molar-refractivity contribution in [3.63, 3.8) is 0 Å². The smallest absolute Gasteiger partial charge is 0.272 e. The standard InChI is InChI=1S/C15H17N5O3/c1-8-11(7-23-18-8)15(22)20-5-10-12(6-20)19(2)17-13(10)14(21)16-9-3-4-9/h7,9H,3-6H2,1-2H3,(H,16,21). The molecule has 1 saturated carbocycles. The first-order chi connectivity index (χ1) is 11.0. The maximum absolute atomic E-state index is 12.6. The fraction of sp³-hybridized carbons (Fsp3) is 0.467. The van der Waals surface area contributed by atoms with Crippen molar-refractivity contribution in [2.45, 2.75) is 38.9 Å². The Balaban J connectivity index is 1.58. The third-order valence-electron chi connectivity index (χ3n) is 4.36. The van der Waals surface area contributed by atoms with Crippen molar-refractivity contribution < 1.29 is 14.1 Å². The van der Waals surface area contributed by atoms with Crippen LogP contribution in [-0.4, -0.2) is 37.7 Å². The van der Waals surface area contributed by atoms with E-state index < -0.39 is 0 Å². The molecule has 0 saturated heterocycles. The normalized spacial score (nSPS) is 16.5. The number of fused-ring (bicyclic) bond motifs is 1. The number of nitrogens with one attached hydrogen (secondary N) is 1. The zero-order valence-corrected chi connectivity index (χ0v) is 13.0. The zero-order chi connectivity index (χ0) is 16.1. The van der Waals surface area contributed by atoms with Crippen LogP contribution in [0.5, 0.6) is 0 Å². The third-order valence-corrected chi connectivity index (χ3v) is 4.36. The zero-order valence-electron chi connectivity index (χ0n) is 13.0. The van der Waals surface area contributed by atoms with Gasteiger partial charge in [0, 0.05) is 18.7 Å². The van der Waals surface area contributed by atoms with Crippen molar-refractivity contribution in [1.29, 1.82) is 0 Å². The Morgan fingerprint density at radius 2 is 2.13 bits per heavy atom. The van der Waals surface area contributed by atoms with Gasteiger partial charge in [0.25, 0.3) is 11.8 Å². The molecule has 1 N–H and O–H groups in total. The van der Waals surface area contributed by atoms with Crippen LogP contribution >= 0.6 is 0 Å². The van der Waals surface area contributed by atoms with Crippen molar-refractivity contribution in [2.75, 3.05) is 0 Å². The summed E-state index contributed by atoms with van der Waals surface area (Å²) >= 11 is 0. The van der Waals surface area contributed by atoms with Crippen molar-refractivity contribution in [1.82, 2.24) is 25.2 Å². The van der Waals surface area contributed by atoms with Crippen LogP contribution in [0.15, 0.2) is 10.8 Å². The van der Waals surface area contributed by atoms with Crippen LogP contribution in [-0.2, 0) is 20.1 Å². The van der Waals surface area contributed by atoms with Gasteiger partial charge in [-0.15, -0.1) is 0 Å². The van der Waals surface area contributed by atoms with Crippen molar-refractivity contribution >= 4 is 11.8 Å². The monoisotopic (exact) mass is 315 g/mol. The summed E-state index contributed by atoms with van der Waals surface area (Å²) < 4.78 is 6.53. The Morgan fingerprint density at radius 3 is 2.78 bits per heavy atom. The predicted molar refractivity (Wildman–Crippen MR) is 78.5 cm³/mol. The topological polar surface area (TPSA) is 93.3 Å². The van der Waals surface area contributed by atoms with E-state index in [2.05, 4.69) is 15.6 Å². The van der Waals surface area contributed by atoms with Crippen LogP contribution in [0.4, 0.5) is 0 Å². The molecule has 4 rings (SSSR count). The predicted octanol–water partition coefficient (Wildman–Crippen LogP) is 0.765. The molecule has 0 aromatic carbocycles. The van der Waals surface area contributed by atoms with Gasteiger partial charge in [-0.05, 0) is 19.8 Å². The molecule has 3 heterocycles. The average Bonchev–Trinajstić information content (AvgIpc) is 2.96. The molecule has 0 atom stereocenters.